The van der Waals surface area contributed by atoms with Crippen LogP contribution < -0.4 is 9.47 Å². The largest absolute Gasteiger partial charge is 0.496 e. The second-order valence-electron chi connectivity index (χ2n) is 2.67. The standard InChI is InChI=1S/C9H9NO3/c1-12-7-3-2-4-8-9(7)6(10-11)5-13-8/h2-4,11H,5H2,1H3. The Morgan fingerprint density at radius 1 is 1.54 bits per heavy atom. The van der Waals surface area contributed by atoms with Gasteiger partial charge in [-0.15, -0.1) is 0 Å². The first-order chi connectivity index (χ1) is 6.36. The van der Waals surface area contributed by atoms with E-state index in [1.807, 2.05) is 12.1 Å². The number of oxime groups is 1. The number of nitrogens with zero attached hydrogens (tertiary/aromatic N) is 1. The number of fused-ring (bicyclic) bond motifs is 1. The summed E-state index contributed by atoms with van der Waals surface area (Å²) in [6, 6.07) is 5.45. The Morgan fingerprint density at radius 2 is 2.38 bits per heavy atom. The van der Waals surface area contributed by atoms with E-state index in [1.54, 1.807) is 13.2 Å². The molecule has 1 N–H and O–H groups in total. The van der Waals surface area contributed by atoms with Gasteiger partial charge in [0.2, 0.25) is 0 Å². The molecule has 0 fully saturated rings. The van der Waals surface area contributed by atoms with E-state index >= 15 is 0 Å². The van der Waals surface area contributed by atoms with E-state index in [-0.39, 0.29) is 0 Å². The predicted molar refractivity (Wildman–Crippen MR) is 46.8 cm³/mol. The molecule has 2 rings (SSSR count). The van der Waals surface area contributed by atoms with Crippen molar-refractivity contribution in [1.82, 2.24) is 0 Å². The van der Waals surface area contributed by atoms with Crippen LogP contribution in [0.1, 0.15) is 5.56 Å². The molecule has 0 spiro atoms. The molecule has 0 saturated heterocycles. The van der Waals surface area contributed by atoms with Crippen LogP contribution in [0.15, 0.2) is 23.4 Å². The molecule has 0 aliphatic carbocycles. The second-order valence-corrected chi connectivity index (χ2v) is 2.67. The summed E-state index contributed by atoms with van der Waals surface area (Å²) in [5.41, 5.74) is 1.25. The minimum Gasteiger partial charge on any atom is -0.496 e. The molecule has 0 atom stereocenters. The van der Waals surface area contributed by atoms with Crippen LogP contribution in [0, 0.1) is 0 Å². The first kappa shape index (κ1) is 7.91. The maximum absolute atomic E-state index is 8.69. The summed E-state index contributed by atoms with van der Waals surface area (Å²) in [6.07, 6.45) is 0. The Labute approximate surface area is 75.4 Å². The van der Waals surface area contributed by atoms with Gasteiger partial charge in [0, 0.05) is 0 Å². The van der Waals surface area contributed by atoms with Gasteiger partial charge in [-0.3, -0.25) is 0 Å². The molecule has 1 heterocycles. The lowest BCUT2D eigenvalue weighted by molar-refractivity contribution is 0.313. The molecule has 4 nitrogen and oxygen atoms in total. The lowest BCUT2D eigenvalue weighted by atomic mass is 10.1. The first-order valence-corrected chi connectivity index (χ1v) is 3.88. The third kappa shape index (κ3) is 1.11. The maximum atomic E-state index is 8.69. The van der Waals surface area contributed by atoms with Crippen LogP contribution in [-0.2, 0) is 0 Å². The molecule has 1 aliphatic rings. The molecule has 0 saturated carbocycles. The Balaban J connectivity index is 2.59. The number of methoxy groups -OCH3 is 1. The van der Waals surface area contributed by atoms with Crippen molar-refractivity contribution in [3.8, 4) is 11.5 Å². The van der Waals surface area contributed by atoms with Gasteiger partial charge in [-0.05, 0) is 12.1 Å². The molecule has 1 aromatic rings. The van der Waals surface area contributed by atoms with Gasteiger partial charge in [0.05, 0.1) is 12.7 Å². The van der Waals surface area contributed by atoms with Crippen LogP contribution in [0.5, 0.6) is 11.5 Å². The molecule has 13 heavy (non-hydrogen) atoms. The van der Waals surface area contributed by atoms with Crippen molar-refractivity contribution in [3.05, 3.63) is 23.8 Å². The molecular weight excluding hydrogens is 170 g/mol. The number of hydrogen-bond donors (Lipinski definition) is 1. The highest BCUT2D eigenvalue weighted by atomic mass is 16.5. The Morgan fingerprint density at radius 3 is 3.08 bits per heavy atom. The van der Waals surface area contributed by atoms with Gasteiger partial charge in [0.25, 0.3) is 0 Å². The van der Waals surface area contributed by atoms with Crippen molar-refractivity contribution in [1.29, 1.82) is 0 Å². The maximum Gasteiger partial charge on any atom is 0.134 e. The van der Waals surface area contributed by atoms with E-state index in [0.29, 0.717) is 23.8 Å². The summed E-state index contributed by atoms with van der Waals surface area (Å²) in [7, 11) is 1.57. The topological polar surface area (TPSA) is 51.0 Å². The lowest BCUT2D eigenvalue weighted by Crippen LogP contribution is -2.03. The Kier molecular flexibility index (Phi) is 1.81. The van der Waals surface area contributed by atoms with E-state index in [1.165, 1.54) is 0 Å². The minimum atomic E-state index is 0.298. The van der Waals surface area contributed by atoms with Crippen molar-refractivity contribution in [2.45, 2.75) is 0 Å². The Bertz CT molecular complexity index is 360. The summed E-state index contributed by atoms with van der Waals surface area (Å²) >= 11 is 0. The summed E-state index contributed by atoms with van der Waals surface area (Å²) < 4.78 is 10.4. The molecule has 0 unspecified atom stereocenters. The molecule has 4 heteroatoms. The van der Waals surface area contributed by atoms with E-state index in [9.17, 15) is 0 Å². The van der Waals surface area contributed by atoms with Crippen LogP contribution >= 0.6 is 0 Å². The lowest BCUT2D eigenvalue weighted by Gasteiger charge is -2.03. The van der Waals surface area contributed by atoms with Crippen LogP contribution in [-0.4, -0.2) is 24.6 Å². The summed E-state index contributed by atoms with van der Waals surface area (Å²) in [5, 5.41) is 11.8. The molecular formula is C9H9NO3. The molecule has 0 radical (unpaired) electrons. The molecule has 68 valence electrons. The second kappa shape index (κ2) is 2.97. The monoisotopic (exact) mass is 179 g/mol. The average molecular weight is 179 g/mol. The summed E-state index contributed by atoms with van der Waals surface area (Å²) in [6.45, 7) is 0.298. The van der Waals surface area contributed by atoms with Crippen LogP contribution in [0.25, 0.3) is 0 Å². The van der Waals surface area contributed by atoms with E-state index in [4.69, 9.17) is 14.7 Å². The third-order valence-corrected chi connectivity index (χ3v) is 1.98. The van der Waals surface area contributed by atoms with Gasteiger partial charge in [-0.2, -0.15) is 0 Å². The molecule has 1 aromatic carbocycles. The molecule has 1 aliphatic heterocycles. The van der Waals surface area contributed by atoms with Crippen LogP contribution in [0.4, 0.5) is 0 Å². The van der Waals surface area contributed by atoms with Crippen molar-refractivity contribution in [2.75, 3.05) is 13.7 Å². The zero-order valence-electron chi connectivity index (χ0n) is 7.15. The Hall–Kier alpha value is -1.71. The fraction of sp³-hybridized carbons (Fsp3) is 0.222. The quantitative estimate of drug-likeness (QED) is 0.521. The van der Waals surface area contributed by atoms with Crippen molar-refractivity contribution >= 4 is 5.71 Å². The number of ether oxygens (including phenoxy) is 2. The highest BCUT2D eigenvalue weighted by Crippen LogP contribution is 2.33. The minimum absolute atomic E-state index is 0.298. The van der Waals surface area contributed by atoms with Crippen molar-refractivity contribution in [2.24, 2.45) is 5.16 Å². The molecule has 0 amide bonds. The fourth-order valence-corrected chi connectivity index (χ4v) is 1.38. The molecule has 0 bridgehead atoms. The van der Waals surface area contributed by atoms with Gasteiger partial charge in [0.15, 0.2) is 0 Å². The third-order valence-electron chi connectivity index (χ3n) is 1.98. The highest BCUT2D eigenvalue weighted by Gasteiger charge is 2.23. The zero-order valence-corrected chi connectivity index (χ0v) is 7.15. The van der Waals surface area contributed by atoms with E-state index in [0.717, 1.165) is 5.56 Å². The smallest absolute Gasteiger partial charge is 0.134 e. The van der Waals surface area contributed by atoms with Gasteiger partial charge in [-0.1, -0.05) is 11.2 Å². The summed E-state index contributed by atoms with van der Waals surface area (Å²) in [5.74, 6) is 1.37. The fourth-order valence-electron chi connectivity index (χ4n) is 1.38. The van der Waals surface area contributed by atoms with E-state index in [2.05, 4.69) is 5.16 Å². The molecule has 0 aromatic heterocycles. The predicted octanol–water partition coefficient (Wildman–Crippen LogP) is 1.27. The van der Waals surface area contributed by atoms with Gasteiger partial charge in [0.1, 0.15) is 23.8 Å². The van der Waals surface area contributed by atoms with Crippen molar-refractivity contribution in [3.63, 3.8) is 0 Å². The van der Waals surface area contributed by atoms with Crippen LogP contribution in [0.3, 0.4) is 0 Å². The van der Waals surface area contributed by atoms with Gasteiger partial charge in [-0.25, -0.2) is 0 Å². The first-order valence-electron chi connectivity index (χ1n) is 3.88. The number of hydrogen-bond acceptors (Lipinski definition) is 4. The zero-order chi connectivity index (χ0) is 9.26. The highest BCUT2D eigenvalue weighted by molar-refractivity contribution is 6.08. The van der Waals surface area contributed by atoms with Gasteiger partial charge < -0.3 is 14.7 Å². The SMILES string of the molecule is COc1cccc2c1C(=NO)CO2. The van der Waals surface area contributed by atoms with E-state index < -0.39 is 0 Å². The number of rotatable bonds is 1. The van der Waals surface area contributed by atoms with Crippen molar-refractivity contribution < 1.29 is 14.7 Å². The summed E-state index contributed by atoms with van der Waals surface area (Å²) in [4.78, 5) is 0. The van der Waals surface area contributed by atoms with Crippen LogP contribution in [0.2, 0.25) is 0 Å². The van der Waals surface area contributed by atoms with Gasteiger partial charge >= 0.3 is 0 Å². The number of benzene rings is 1. The normalized spacial score (nSPS) is 16.8. The average Bonchev–Trinajstić information content (AvgIpc) is 2.60.